The van der Waals surface area contributed by atoms with E-state index in [1.165, 1.54) is 0 Å². The van der Waals surface area contributed by atoms with Crippen LogP contribution in [0.15, 0.2) is 98.1 Å². The first-order valence-corrected chi connectivity index (χ1v) is 17.9. The predicted octanol–water partition coefficient (Wildman–Crippen LogP) is 6.27. The number of aliphatic hydroxyl groups excluding tert-OH is 1. The van der Waals surface area contributed by atoms with Gasteiger partial charge in [-0.15, -0.1) is 24.9 Å². The maximum absolute atomic E-state index is 15.3. The molecule has 3 aliphatic rings. The number of aliphatic hydroxyl groups is 1. The van der Waals surface area contributed by atoms with Gasteiger partial charge in [0.25, 0.3) is 5.91 Å². The minimum absolute atomic E-state index is 0.133. The third-order valence-electron chi connectivity index (χ3n) is 10.3. The van der Waals surface area contributed by atoms with Gasteiger partial charge in [0, 0.05) is 29.7 Å². The van der Waals surface area contributed by atoms with Crippen LogP contribution < -0.4 is 14.5 Å². The molecule has 1 N–H and O–H groups in total. The van der Waals surface area contributed by atoms with Crippen LogP contribution in [-0.4, -0.2) is 70.1 Å². The third-order valence-corrected chi connectivity index (χ3v) is 12.2. The van der Waals surface area contributed by atoms with Crippen molar-refractivity contribution in [2.24, 2.45) is 11.8 Å². The largest absolute Gasteiger partial charge is 0.494 e. The van der Waals surface area contributed by atoms with Crippen molar-refractivity contribution in [3.8, 4) is 5.75 Å². The van der Waals surface area contributed by atoms with Gasteiger partial charge < -0.3 is 24.5 Å². The number of benzene rings is 3. The number of thioether (sulfide) groups is 1. The molecule has 2 bridgehead atoms. The summed E-state index contributed by atoms with van der Waals surface area (Å²) in [7, 11) is 0. The molecule has 3 aromatic carbocycles. The summed E-state index contributed by atoms with van der Waals surface area (Å²) >= 11 is 1.62. The Hall–Kier alpha value is -4.34. The topological polar surface area (TPSA) is 90.4 Å². The number of nitrogens with zero attached hydrogens (tertiary/aromatic N) is 3. The van der Waals surface area contributed by atoms with Gasteiger partial charge in [0.1, 0.15) is 11.8 Å². The zero-order valence-electron chi connectivity index (χ0n) is 28.5. The second-order valence-corrected chi connectivity index (χ2v) is 14.7. The van der Waals surface area contributed by atoms with E-state index in [-0.39, 0.29) is 42.7 Å². The number of fused-ring (bicyclic) bond motifs is 1. The summed E-state index contributed by atoms with van der Waals surface area (Å²) in [6.07, 6.45) is 4.71. The van der Waals surface area contributed by atoms with Crippen LogP contribution in [0.25, 0.3) is 0 Å². The maximum Gasteiger partial charge on any atom is 0.251 e. The summed E-state index contributed by atoms with van der Waals surface area (Å²) in [5.74, 6) is -1.33. The molecule has 3 aromatic rings. The molecule has 0 aliphatic carbocycles. The molecule has 2 unspecified atom stereocenters. The first-order chi connectivity index (χ1) is 23.7. The number of likely N-dealkylation sites (tertiary alicyclic amines) is 1. The van der Waals surface area contributed by atoms with Gasteiger partial charge in [-0.25, -0.2) is 0 Å². The molecule has 6 rings (SSSR count). The van der Waals surface area contributed by atoms with Gasteiger partial charge in [0.2, 0.25) is 11.8 Å². The highest BCUT2D eigenvalue weighted by atomic mass is 32.2. The Balaban J connectivity index is 1.47. The van der Waals surface area contributed by atoms with E-state index in [9.17, 15) is 9.90 Å². The fourth-order valence-corrected chi connectivity index (χ4v) is 10.5. The van der Waals surface area contributed by atoms with Crippen molar-refractivity contribution in [1.82, 2.24) is 4.90 Å². The number of ether oxygens (including phenoxy) is 1. The molecule has 8 nitrogen and oxygen atoms in total. The summed E-state index contributed by atoms with van der Waals surface area (Å²) in [6.45, 7) is 14.4. The van der Waals surface area contributed by atoms with Crippen LogP contribution in [0.5, 0.6) is 5.75 Å². The van der Waals surface area contributed by atoms with Crippen molar-refractivity contribution in [2.75, 3.05) is 36.1 Å². The average Bonchev–Trinajstić information content (AvgIpc) is 3.75. The van der Waals surface area contributed by atoms with Crippen molar-refractivity contribution < 1.29 is 24.2 Å². The quantitative estimate of drug-likeness (QED) is 0.215. The number of hydrogen-bond donors (Lipinski definition) is 1. The number of amides is 3. The number of carbonyl (C=O) groups is 3. The van der Waals surface area contributed by atoms with Crippen molar-refractivity contribution in [2.45, 2.75) is 55.7 Å². The van der Waals surface area contributed by atoms with Crippen molar-refractivity contribution >= 4 is 40.9 Å². The monoisotopic (exact) mass is 679 g/mol. The number of para-hydroxylation sites is 1. The van der Waals surface area contributed by atoms with E-state index >= 15 is 9.59 Å². The molecule has 6 atom stereocenters. The highest BCUT2D eigenvalue weighted by Gasteiger charge is 2.75. The van der Waals surface area contributed by atoms with Crippen molar-refractivity contribution in [3.63, 3.8) is 0 Å². The second-order valence-electron chi connectivity index (χ2n) is 13.1. The highest BCUT2D eigenvalue weighted by molar-refractivity contribution is 8.02. The van der Waals surface area contributed by atoms with E-state index in [2.05, 4.69) is 13.2 Å². The summed E-state index contributed by atoms with van der Waals surface area (Å²) in [6, 6.07) is 21.0. The maximum atomic E-state index is 15.3. The summed E-state index contributed by atoms with van der Waals surface area (Å²) in [5.41, 5.74) is 4.09. The Morgan fingerprint density at radius 1 is 0.980 bits per heavy atom. The van der Waals surface area contributed by atoms with Crippen LogP contribution in [0.2, 0.25) is 0 Å². The Bertz CT molecular complexity index is 1710. The molecule has 49 heavy (non-hydrogen) atoms. The van der Waals surface area contributed by atoms with Gasteiger partial charge in [-0.05, 0) is 74.6 Å². The van der Waals surface area contributed by atoms with E-state index in [0.717, 1.165) is 22.4 Å². The van der Waals surface area contributed by atoms with E-state index in [1.54, 1.807) is 38.6 Å². The minimum atomic E-state index is -0.910. The Labute approximate surface area is 293 Å². The zero-order chi connectivity index (χ0) is 34.9. The van der Waals surface area contributed by atoms with Crippen molar-refractivity contribution in [3.05, 3.63) is 115 Å². The Morgan fingerprint density at radius 2 is 1.63 bits per heavy atom. The van der Waals surface area contributed by atoms with Crippen LogP contribution in [0, 0.1) is 25.7 Å². The first-order valence-electron chi connectivity index (χ1n) is 17.0. The van der Waals surface area contributed by atoms with Gasteiger partial charge in [-0.1, -0.05) is 60.7 Å². The smallest absolute Gasteiger partial charge is 0.251 e. The van der Waals surface area contributed by atoms with E-state index < -0.39 is 28.7 Å². The fourth-order valence-electron chi connectivity index (χ4n) is 8.34. The highest BCUT2D eigenvalue weighted by Crippen LogP contribution is 2.67. The molecule has 3 heterocycles. The lowest BCUT2D eigenvalue weighted by Gasteiger charge is -2.40. The molecule has 3 saturated heterocycles. The average molecular weight is 680 g/mol. The molecule has 0 aromatic heterocycles. The number of aryl methyl sites for hydroxylation is 2. The van der Waals surface area contributed by atoms with E-state index in [0.29, 0.717) is 30.9 Å². The molecule has 0 saturated carbocycles. The molecule has 3 aliphatic heterocycles. The van der Waals surface area contributed by atoms with Gasteiger partial charge in [0.15, 0.2) is 0 Å². The number of anilines is 2. The second kappa shape index (κ2) is 14.3. The lowest BCUT2D eigenvalue weighted by Crippen LogP contribution is -2.56. The third kappa shape index (κ3) is 5.87. The lowest BCUT2D eigenvalue weighted by atomic mass is 9.70. The fraction of sp³-hybridized carbons (Fsp3) is 0.375. The van der Waals surface area contributed by atoms with Crippen molar-refractivity contribution in [1.29, 1.82) is 0 Å². The lowest BCUT2D eigenvalue weighted by molar-refractivity contribution is -0.142. The molecule has 9 heteroatoms. The van der Waals surface area contributed by atoms with Crippen LogP contribution in [0.3, 0.4) is 0 Å². The van der Waals surface area contributed by atoms with Gasteiger partial charge in [-0.2, -0.15) is 0 Å². The number of rotatable bonds is 13. The summed E-state index contributed by atoms with van der Waals surface area (Å²) in [4.78, 5) is 50.1. The predicted molar refractivity (Wildman–Crippen MR) is 196 cm³/mol. The molecule has 3 amide bonds. The van der Waals surface area contributed by atoms with Crippen LogP contribution in [0.1, 0.15) is 42.5 Å². The molecular formula is C40H45N3O5S. The molecule has 256 valence electrons. The molecule has 1 spiro atoms. The van der Waals surface area contributed by atoms with Gasteiger partial charge in [0.05, 0.1) is 35.8 Å². The standard InChI is InChI=1S/C40H45N3O5S/c1-6-23-41(29-17-19-30(20-18-29)48-8-3)37(45)33-32-21-22-40(49-32)34(33)38(46)43(31(25-44)28-15-10-9-11-16-28)36(40)39(47)42(24-7-2)35-26(4)13-12-14-27(35)5/h6-7,9-20,31-34,36,44H,1-2,8,21-25H2,3-5H3/t31-,32-,33+,34+,36?,40?/m1/s1. The van der Waals surface area contributed by atoms with E-state index in [4.69, 9.17) is 4.74 Å². The Kier molecular flexibility index (Phi) is 10.0. The minimum Gasteiger partial charge on any atom is -0.494 e. The molecule has 0 radical (unpaired) electrons. The normalized spacial score (nSPS) is 24.3. The SMILES string of the molecule is C=CCN(C(=O)[C@@H]1[C@H]2C(=O)N([C@H](CO)c3ccccc3)C(C(=O)N(CC=C)c3c(C)cccc3C)C23CC[C@H]1S3)c1ccc(OCC)cc1. The van der Waals surface area contributed by atoms with Crippen LogP contribution >= 0.6 is 11.8 Å². The van der Waals surface area contributed by atoms with Gasteiger partial charge in [-0.3, -0.25) is 14.4 Å². The molecular weight excluding hydrogens is 635 g/mol. The zero-order valence-corrected chi connectivity index (χ0v) is 29.3. The van der Waals surface area contributed by atoms with Crippen LogP contribution in [0.4, 0.5) is 11.4 Å². The summed E-state index contributed by atoms with van der Waals surface area (Å²) < 4.78 is 4.78. The molecule has 3 fully saturated rings. The first kappa shape index (κ1) is 34.5. The van der Waals surface area contributed by atoms with E-state index in [1.807, 2.05) is 93.6 Å². The Morgan fingerprint density at radius 3 is 2.24 bits per heavy atom. The summed E-state index contributed by atoms with van der Waals surface area (Å²) in [5, 5.41) is 10.8. The van der Waals surface area contributed by atoms with Gasteiger partial charge >= 0.3 is 0 Å². The number of hydrogen-bond acceptors (Lipinski definition) is 6. The number of carbonyl (C=O) groups excluding carboxylic acids is 3. The van der Waals surface area contributed by atoms with Crippen LogP contribution in [-0.2, 0) is 14.4 Å².